The third-order valence-electron chi connectivity index (χ3n) is 15.0. The second kappa shape index (κ2) is 38.3. The molecule has 3 heterocycles. The Morgan fingerprint density at radius 2 is 1.41 bits per heavy atom. The van der Waals surface area contributed by atoms with E-state index >= 15 is 0 Å². The molecule has 3 aliphatic heterocycles. The Kier molecular flexibility index (Phi) is 33.0. The summed E-state index contributed by atoms with van der Waals surface area (Å²) in [7, 11) is 5.99. The van der Waals surface area contributed by atoms with Crippen molar-refractivity contribution in [3.63, 3.8) is 0 Å². The average Bonchev–Trinajstić information content (AvgIpc) is 1.79. The number of benzene rings is 1. The number of carbonyl (C=O) groups excluding carboxylic acids is 6. The summed E-state index contributed by atoms with van der Waals surface area (Å²) in [4.78, 5) is 81.7. The summed E-state index contributed by atoms with van der Waals surface area (Å²) in [5, 5.41) is 14.6. The predicted molar refractivity (Wildman–Crippen MR) is 323 cm³/mol. The summed E-state index contributed by atoms with van der Waals surface area (Å²) in [5.74, 6) is -1.35. The van der Waals surface area contributed by atoms with Crippen LogP contribution in [-0.2, 0) is 87.2 Å². The molecule has 86 heavy (non-hydrogen) atoms. The van der Waals surface area contributed by atoms with E-state index in [9.17, 15) is 33.9 Å². The maximum absolute atomic E-state index is 14.4. The van der Waals surface area contributed by atoms with Gasteiger partial charge in [-0.2, -0.15) is 0 Å². The molecule has 3 amide bonds. The third-order valence-corrected chi connectivity index (χ3v) is 16.9. The third kappa shape index (κ3) is 25.7. The summed E-state index contributed by atoms with van der Waals surface area (Å²) in [6.07, 6.45) is 2.42. The number of hydrogen-bond acceptors (Lipinski definition) is 21. The van der Waals surface area contributed by atoms with Gasteiger partial charge in [0.15, 0.2) is 5.72 Å². The van der Waals surface area contributed by atoms with Crippen LogP contribution in [0.15, 0.2) is 35.9 Å². The number of amides is 3. The van der Waals surface area contributed by atoms with Gasteiger partial charge in [-0.15, -0.1) is 11.8 Å². The topological polar surface area (TPSA) is 264 Å². The van der Waals surface area contributed by atoms with Gasteiger partial charge in [0.25, 0.3) is 0 Å². The van der Waals surface area contributed by atoms with Crippen molar-refractivity contribution in [2.45, 2.75) is 146 Å². The second-order valence-corrected chi connectivity index (χ2v) is 24.5. The number of anilines is 1. The number of epoxide rings is 1. The minimum Gasteiger partial charge on any atom is -0.495 e. The Hall–Kier alpha value is -4.28. The lowest BCUT2D eigenvalue weighted by Crippen LogP contribution is -2.63. The number of thioether (sulfide) groups is 1. The van der Waals surface area contributed by atoms with Crippen LogP contribution >= 0.6 is 23.4 Å². The van der Waals surface area contributed by atoms with Crippen LogP contribution in [0.4, 0.5) is 10.5 Å². The highest BCUT2D eigenvalue weighted by Crippen LogP contribution is 2.49. The molecule has 0 spiro atoms. The van der Waals surface area contributed by atoms with Crippen molar-refractivity contribution in [2.75, 3.05) is 145 Å². The smallest absolute Gasteiger partial charge is 0.409 e. The van der Waals surface area contributed by atoms with Crippen molar-refractivity contribution in [1.82, 2.24) is 10.2 Å². The first-order chi connectivity index (χ1) is 40.9. The maximum Gasteiger partial charge on any atom is 0.409 e. The van der Waals surface area contributed by atoms with Crippen molar-refractivity contribution < 1.29 is 95.5 Å². The lowest BCUT2D eigenvalue weighted by molar-refractivity contribution is -0.162. The van der Waals surface area contributed by atoms with E-state index in [-0.39, 0.29) is 47.5 Å². The van der Waals surface area contributed by atoms with Gasteiger partial charge in [0.05, 0.1) is 130 Å². The molecule has 2 N–H and O–H groups in total. The van der Waals surface area contributed by atoms with E-state index in [4.69, 9.17) is 73.2 Å². The van der Waals surface area contributed by atoms with Crippen molar-refractivity contribution in [2.24, 2.45) is 5.92 Å². The Morgan fingerprint density at radius 3 is 1.94 bits per heavy atom. The van der Waals surface area contributed by atoms with Crippen LogP contribution in [0.2, 0.25) is 5.02 Å². The molecular weight excluding hydrogens is 1160 g/mol. The van der Waals surface area contributed by atoms with Gasteiger partial charge in [-0.05, 0) is 64.7 Å². The SMILES string of the molecule is COc1cc2cc(c1Cl)N(C)C(=O)C[C@H](OC(=O)[C@H](C)N(C)C(=O)CCC(C)(C)SCC(=O)CCCOCCOCCOCCOCCOCCOCCOCCOCCC(C)=O)[C@]1(C)O[C@H]1[C@H](C)[C@@H]1C[C@@](O)(NC(=O)O1)[C@H](OC)/C=C/C=C(\C)C2. The van der Waals surface area contributed by atoms with Gasteiger partial charge in [-0.25, -0.2) is 9.59 Å². The van der Waals surface area contributed by atoms with Gasteiger partial charge in [0, 0.05) is 64.2 Å². The Labute approximate surface area is 517 Å². The molecule has 0 aromatic heterocycles. The Balaban J connectivity index is 1.15. The van der Waals surface area contributed by atoms with Crippen molar-refractivity contribution >= 4 is 64.5 Å². The van der Waals surface area contributed by atoms with E-state index < -0.39 is 70.4 Å². The van der Waals surface area contributed by atoms with Crippen molar-refractivity contribution in [1.29, 1.82) is 0 Å². The van der Waals surface area contributed by atoms with Crippen LogP contribution in [0, 0.1) is 5.92 Å². The minimum atomic E-state index is -1.87. The van der Waals surface area contributed by atoms with Crippen LogP contribution in [0.5, 0.6) is 5.75 Å². The normalized spacial score (nSPS) is 23.9. The molecule has 0 unspecified atom stereocenters. The molecule has 4 rings (SSSR count). The van der Waals surface area contributed by atoms with E-state index in [1.807, 2.05) is 26.8 Å². The lowest BCUT2D eigenvalue weighted by atomic mass is 9.83. The number of alkyl carbamates (subject to hydrolysis) is 1. The first kappa shape index (κ1) is 74.2. The molecule has 2 fully saturated rings. The van der Waals surface area contributed by atoms with Gasteiger partial charge in [-0.3, -0.25) is 24.5 Å². The molecule has 488 valence electrons. The zero-order valence-electron chi connectivity index (χ0n) is 52.4. The lowest BCUT2D eigenvalue weighted by Gasteiger charge is -2.42. The summed E-state index contributed by atoms with van der Waals surface area (Å²) < 4.78 is 73.0. The first-order valence-electron chi connectivity index (χ1n) is 29.6. The molecule has 23 nitrogen and oxygen atoms in total. The number of fused-ring (bicyclic) bond motifs is 5. The van der Waals surface area contributed by atoms with Crippen LogP contribution in [-0.4, -0.2) is 232 Å². The molecule has 1 aromatic carbocycles. The van der Waals surface area contributed by atoms with E-state index in [0.717, 1.165) is 11.1 Å². The van der Waals surface area contributed by atoms with E-state index in [1.54, 1.807) is 52.1 Å². The molecule has 25 heteroatoms. The predicted octanol–water partition coefficient (Wildman–Crippen LogP) is 6.27. The zero-order chi connectivity index (χ0) is 63.3. The van der Waals surface area contributed by atoms with E-state index in [2.05, 4.69) is 5.32 Å². The van der Waals surface area contributed by atoms with Gasteiger partial charge in [0.1, 0.15) is 52.3 Å². The number of hydrogen-bond donors (Lipinski definition) is 2. The van der Waals surface area contributed by atoms with Gasteiger partial charge < -0.3 is 76.5 Å². The molecule has 0 aliphatic carbocycles. The number of halogens is 1. The molecule has 0 radical (unpaired) electrons. The van der Waals surface area contributed by atoms with Crippen molar-refractivity contribution in [3.05, 3.63) is 46.5 Å². The standard InChI is InChI=1S/C61H96ClN3O20S/c1-42-14-12-16-51(74-11)61(72)40-50(83-58(71)63-61)44(3)56-60(7,85-56)52(39-54(69)65(9)48-37-46(36-42)38-49(73-10)55(48)62)84-57(70)45(4)64(8)53(68)17-19-59(5,6)86-41-47(67)15-13-20-75-22-24-77-26-28-79-30-32-81-34-35-82-33-31-80-29-27-78-25-23-76-21-18-43(2)66/h12,14,16,37-38,44-45,50-52,56,72H,13,15,17-36,39-41H2,1-11H3,(H,63,71)/b16-12+,42-14+/t44-,45+,50+,51-,52+,56+,60+,61+/m1/s1. The number of Topliss-reactive ketones (excluding diaryl/α,β-unsaturated/α-hetero) is 2. The van der Waals surface area contributed by atoms with Gasteiger partial charge in [-0.1, -0.05) is 56.2 Å². The van der Waals surface area contributed by atoms with Gasteiger partial charge in [0.2, 0.25) is 11.8 Å². The van der Waals surface area contributed by atoms with Gasteiger partial charge >= 0.3 is 12.1 Å². The minimum absolute atomic E-state index is 0.0700. The average molecular weight is 1260 g/mol. The quantitative estimate of drug-likeness (QED) is 0.0418. The van der Waals surface area contributed by atoms with Crippen LogP contribution in [0.25, 0.3) is 0 Å². The second-order valence-electron chi connectivity index (χ2n) is 22.4. The fourth-order valence-electron chi connectivity index (χ4n) is 9.45. The number of ether oxygens (including phenoxy) is 13. The van der Waals surface area contributed by atoms with E-state index in [0.29, 0.717) is 149 Å². The summed E-state index contributed by atoms with van der Waals surface area (Å²) in [6.45, 7) is 19.4. The molecule has 3 aliphatic rings. The number of aliphatic hydroxyl groups is 1. The molecule has 2 saturated heterocycles. The number of nitrogens with zero attached hydrogens (tertiary/aromatic N) is 2. The maximum atomic E-state index is 14.4. The number of allylic oxidation sites excluding steroid dienone is 3. The number of nitrogens with one attached hydrogen (secondary N) is 1. The summed E-state index contributed by atoms with van der Waals surface area (Å²) in [6, 6.07) is 2.49. The Morgan fingerprint density at radius 1 is 0.860 bits per heavy atom. The zero-order valence-corrected chi connectivity index (χ0v) is 54.0. The van der Waals surface area contributed by atoms with Crippen LogP contribution in [0.1, 0.15) is 99.0 Å². The number of ketones is 2. The van der Waals surface area contributed by atoms with E-state index in [1.165, 1.54) is 49.8 Å². The molecule has 8 atom stereocenters. The number of rotatable bonds is 39. The highest BCUT2D eigenvalue weighted by molar-refractivity contribution is 8.01. The monoisotopic (exact) mass is 1260 g/mol. The fourth-order valence-corrected chi connectivity index (χ4v) is 10.7. The van der Waals surface area contributed by atoms with Crippen LogP contribution in [0.3, 0.4) is 0 Å². The fraction of sp³-hybridized carbons (Fsp3) is 0.738. The summed E-state index contributed by atoms with van der Waals surface area (Å²) in [5.41, 5.74) is -1.09. The molecular formula is C61H96ClN3O20S. The highest BCUT2D eigenvalue weighted by atomic mass is 35.5. The number of esters is 1. The Bertz CT molecular complexity index is 2360. The first-order valence-corrected chi connectivity index (χ1v) is 30.9. The highest BCUT2D eigenvalue weighted by Gasteiger charge is 2.64. The molecule has 0 saturated carbocycles. The number of likely N-dealkylation sites (N-methyl/N-ethyl adjacent to an activating group) is 1. The number of methoxy groups -OCH3 is 2. The van der Waals surface area contributed by atoms with Crippen LogP contribution < -0.4 is 15.0 Å². The van der Waals surface area contributed by atoms with Crippen molar-refractivity contribution in [3.8, 4) is 5.75 Å². The summed E-state index contributed by atoms with van der Waals surface area (Å²) >= 11 is 8.30. The molecule has 4 bridgehead atoms. The number of carbonyl (C=O) groups is 6. The largest absolute Gasteiger partial charge is 0.495 e. The molecule has 1 aromatic rings.